The molecule has 1 atom stereocenters. The van der Waals surface area contributed by atoms with Gasteiger partial charge in [-0.05, 0) is 57.7 Å². The third-order valence-corrected chi connectivity index (χ3v) is 6.24. The molecule has 1 aliphatic heterocycles. The quantitative estimate of drug-likeness (QED) is 0.399. The van der Waals surface area contributed by atoms with Crippen LogP contribution in [0.25, 0.3) is 0 Å². The van der Waals surface area contributed by atoms with Crippen LogP contribution in [0.3, 0.4) is 0 Å². The summed E-state index contributed by atoms with van der Waals surface area (Å²) in [5, 5.41) is 8.73. The molecule has 0 saturated heterocycles. The van der Waals surface area contributed by atoms with Crippen molar-refractivity contribution >= 4 is 29.7 Å². The van der Waals surface area contributed by atoms with Gasteiger partial charge < -0.3 is 15.4 Å². The maximum atomic E-state index is 13.1. The molecule has 2 heterocycles. The van der Waals surface area contributed by atoms with Gasteiger partial charge in [0, 0.05) is 19.0 Å². The second-order valence-corrected chi connectivity index (χ2v) is 10.2. The molecular weight excluding hydrogens is 460 g/mol. The first-order valence-corrected chi connectivity index (χ1v) is 12.5. The van der Waals surface area contributed by atoms with Crippen LogP contribution in [0.15, 0.2) is 40.2 Å². The van der Waals surface area contributed by atoms with Crippen molar-refractivity contribution in [2.75, 3.05) is 5.32 Å². The Hall–Kier alpha value is -3.69. The molecule has 0 bridgehead atoms. The number of carbonyl (C=O) groups excluding carboxylic acids is 2. The summed E-state index contributed by atoms with van der Waals surface area (Å²) in [4.78, 5) is 46.4. The Kier molecular flexibility index (Phi) is 7.71. The first-order valence-electron chi connectivity index (χ1n) is 12.5. The number of ether oxygens (including phenoxy) is 1. The number of hydrogen-bond donors (Lipinski definition) is 3. The maximum Gasteiger partial charge on any atom is 0.412 e. The van der Waals surface area contributed by atoms with Crippen molar-refractivity contribution in [3.8, 4) is 0 Å². The van der Waals surface area contributed by atoms with Crippen LogP contribution in [0, 0.1) is 0 Å². The van der Waals surface area contributed by atoms with Crippen LogP contribution in [0.5, 0.6) is 0 Å². The number of fused-ring (bicyclic) bond motifs is 1. The van der Waals surface area contributed by atoms with Crippen molar-refractivity contribution in [3.05, 3.63) is 52.2 Å². The molecule has 1 aromatic carbocycles. The normalized spacial score (nSPS) is 17.7. The first-order chi connectivity index (χ1) is 17.2. The second kappa shape index (κ2) is 10.9. The van der Waals surface area contributed by atoms with Crippen molar-refractivity contribution in [1.29, 1.82) is 0 Å². The number of amides is 2. The summed E-state index contributed by atoms with van der Waals surface area (Å²) < 4.78 is 6.69. The Morgan fingerprint density at radius 2 is 1.89 bits per heavy atom. The van der Waals surface area contributed by atoms with E-state index in [9.17, 15) is 14.4 Å². The first kappa shape index (κ1) is 25.4. The minimum atomic E-state index is -0.580. The SMILES string of the molecule is CC(C)(C)OC(=O)N/C=N/c1ccc(CNC(=O)[C@@H]2CCc3ncc(NC4CCCC4)c(=O)n32)cc1. The molecule has 2 amide bonds. The second-order valence-electron chi connectivity index (χ2n) is 10.2. The minimum Gasteiger partial charge on any atom is -0.444 e. The highest BCUT2D eigenvalue weighted by molar-refractivity contribution is 5.83. The lowest BCUT2D eigenvalue weighted by Gasteiger charge is -2.18. The van der Waals surface area contributed by atoms with E-state index in [2.05, 4.69) is 25.9 Å². The van der Waals surface area contributed by atoms with Gasteiger partial charge in [-0.25, -0.2) is 14.8 Å². The largest absolute Gasteiger partial charge is 0.444 e. The number of aliphatic imine (C=N–C) groups is 1. The molecule has 1 aliphatic carbocycles. The van der Waals surface area contributed by atoms with E-state index in [0.29, 0.717) is 42.6 Å². The Morgan fingerprint density at radius 3 is 2.58 bits per heavy atom. The molecule has 3 N–H and O–H groups in total. The van der Waals surface area contributed by atoms with Gasteiger partial charge in [0.05, 0.1) is 18.2 Å². The molecule has 192 valence electrons. The van der Waals surface area contributed by atoms with Crippen LogP contribution in [-0.2, 0) is 22.5 Å². The average molecular weight is 495 g/mol. The third kappa shape index (κ3) is 6.50. The summed E-state index contributed by atoms with van der Waals surface area (Å²) >= 11 is 0. The topological polar surface area (TPSA) is 127 Å². The van der Waals surface area contributed by atoms with E-state index in [1.165, 1.54) is 19.2 Å². The van der Waals surface area contributed by atoms with Crippen molar-refractivity contribution in [2.24, 2.45) is 4.99 Å². The number of rotatable bonds is 7. The summed E-state index contributed by atoms with van der Waals surface area (Å²) in [7, 11) is 0. The zero-order valence-corrected chi connectivity index (χ0v) is 21.0. The standard InChI is InChI=1S/C26H34N6O4/c1-26(2,3)36-25(35)30-16-29-18-10-8-17(9-11-18)14-28-23(33)21-12-13-22-27-15-20(24(34)32(21)22)31-19-6-4-5-7-19/h8-11,15-16,19,21,31H,4-7,12-14H2,1-3H3,(H,28,33)(H,29,30,35)/t21-/m0/s1. The zero-order valence-electron chi connectivity index (χ0n) is 21.0. The van der Waals surface area contributed by atoms with Gasteiger partial charge in [0.1, 0.15) is 23.2 Å². The summed E-state index contributed by atoms with van der Waals surface area (Å²) in [6.45, 7) is 5.68. The monoisotopic (exact) mass is 494 g/mol. The highest BCUT2D eigenvalue weighted by atomic mass is 16.6. The third-order valence-electron chi connectivity index (χ3n) is 6.24. The molecule has 10 heteroatoms. The van der Waals surface area contributed by atoms with Gasteiger partial charge in [0.25, 0.3) is 5.56 Å². The molecule has 2 aliphatic rings. The van der Waals surface area contributed by atoms with Crippen molar-refractivity contribution in [3.63, 3.8) is 0 Å². The number of hydrogen-bond acceptors (Lipinski definition) is 7. The molecule has 0 spiro atoms. The predicted octanol–water partition coefficient (Wildman–Crippen LogP) is 3.59. The van der Waals surface area contributed by atoms with E-state index in [1.54, 1.807) is 43.7 Å². The summed E-state index contributed by atoms with van der Waals surface area (Å²) in [6, 6.07) is 7.01. The molecular formula is C26H34N6O4. The van der Waals surface area contributed by atoms with Crippen LogP contribution in [0.4, 0.5) is 16.2 Å². The number of nitrogens with one attached hydrogen (secondary N) is 3. The van der Waals surface area contributed by atoms with E-state index in [0.717, 1.165) is 18.4 Å². The van der Waals surface area contributed by atoms with Crippen molar-refractivity contribution in [1.82, 2.24) is 20.2 Å². The van der Waals surface area contributed by atoms with Crippen LogP contribution in [-0.4, -0.2) is 39.5 Å². The lowest BCUT2D eigenvalue weighted by atomic mass is 10.1. The number of carbonyl (C=O) groups is 2. The minimum absolute atomic E-state index is 0.174. The average Bonchev–Trinajstić information content (AvgIpc) is 3.49. The molecule has 10 nitrogen and oxygen atoms in total. The number of aryl methyl sites for hydroxylation is 1. The smallest absolute Gasteiger partial charge is 0.412 e. The van der Waals surface area contributed by atoms with Crippen LogP contribution >= 0.6 is 0 Å². The van der Waals surface area contributed by atoms with E-state index in [1.807, 2.05) is 12.1 Å². The van der Waals surface area contributed by atoms with Crippen LogP contribution in [0.1, 0.15) is 70.3 Å². The number of benzene rings is 1. The molecule has 0 unspecified atom stereocenters. The fourth-order valence-electron chi connectivity index (χ4n) is 4.52. The van der Waals surface area contributed by atoms with Crippen molar-refractivity contribution in [2.45, 2.75) is 83.5 Å². The molecule has 2 aromatic rings. The summed E-state index contributed by atoms with van der Waals surface area (Å²) in [6.07, 6.45) is 7.90. The van der Waals surface area contributed by atoms with Gasteiger partial charge in [-0.2, -0.15) is 0 Å². The molecule has 36 heavy (non-hydrogen) atoms. The van der Waals surface area contributed by atoms with Crippen molar-refractivity contribution < 1.29 is 14.3 Å². The van der Waals surface area contributed by atoms with E-state index >= 15 is 0 Å². The van der Waals surface area contributed by atoms with Gasteiger partial charge in [0.2, 0.25) is 5.91 Å². The predicted molar refractivity (Wildman–Crippen MR) is 138 cm³/mol. The molecule has 1 fully saturated rings. The fourth-order valence-corrected chi connectivity index (χ4v) is 4.52. The summed E-state index contributed by atoms with van der Waals surface area (Å²) in [5.74, 6) is 0.457. The lowest BCUT2D eigenvalue weighted by molar-refractivity contribution is -0.124. The van der Waals surface area contributed by atoms with Crippen LogP contribution < -0.4 is 21.5 Å². The Balaban J connectivity index is 1.31. The molecule has 0 radical (unpaired) electrons. The van der Waals surface area contributed by atoms with E-state index in [-0.39, 0.29) is 11.5 Å². The van der Waals surface area contributed by atoms with E-state index in [4.69, 9.17) is 4.74 Å². The van der Waals surface area contributed by atoms with E-state index < -0.39 is 17.7 Å². The number of alkyl carbamates (subject to hydrolysis) is 1. The van der Waals surface area contributed by atoms with Gasteiger partial charge in [0.15, 0.2) is 0 Å². The van der Waals surface area contributed by atoms with Gasteiger partial charge in [-0.15, -0.1) is 0 Å². The highest BCUT2D eigenvalue weighted by Gasteiger charge is 2.31. The maximum absolute atomic E-state index is 13.1. The van der Waals surface area contributed by atoms with Gasteiger partial charge in [-0.3, -0.25) is 19.5 Å². The number of nitrogens with zero attached hydrogens (tertiary/aromatic N) is 3. The summed E-state index contributed by atoms with van der Waals surface area (Å²) in [5.41, 5.74) is 1.26. The molecule has 1 saturated carbocycles. The number of anilines is 1. The van der Waals surface area contributed by atoms with Gasteiger partial charge >= 0.3 is 6.09 Å². The highest BCUT2D eigenvalue weighted by Crippen LogP contribution is 2.25. The molecule has 1 aromatic heterocycles. The lowest BCUT2D eigenvalue weighted by Crippen LogP contribution is -2.37. The Bertz CT molecular complexity index is 1180. The zero-order chi connectivity index (χ0) is 25.7. The van der Waals surface area contributed by atoms with Gasteiger partial charge in [-0.1, -0.05) is 25.0 Å². The van der Waals surface area contributed by atoms with Crippen LogP contribution in [0.2, 0.25) is 0 Å². The number of aromatic nitrogens is 2. The molecule has 4 rings (SSSR count). The Labute approximate surface area is 210 Å². The fraction of sp³-hybridized carbons (Fsp3) is 0.500. The Morgan fingerprint density at radius 1 is 1.17 bits per heavy atom.